The van der Waals surface area contributed by atoms with Crippen LogP contribution < -0.4 is 5.32 Å². The topological polar surface area (TPSA) is 68.1 Å². The molecule has 6 rings (SSSR count). The number of anilines is 2. The zero-order valence-corrected chi connectivity index (χ0v) is 25.9. The molecule has 0 amide bonds. The number of benzene rings is 1. The number of aromatic nitrogens is 1. The average Bonchev–Trinajstić information content (AvgIpc) is 3.48. The van der Waals surface area contributed by atoms with Gasteiger partial charge >= 0.3 is 0 Å². The zero-order valence-electron chi connectivity index (χ0n) is 25.0. The van der Waals surface area contributed by atoms with Crippen LogP contribution in [0, 0.1) is 56.5 Å². The van der Waals surface area contributed by atoms with Crippen LogP contribution in [0.5, 0.6) is 0 Å². The lowest BCUT2D eigenvalue weighted by Crippen LogP contribution is -2.49. The number of nitrogens with zero attached hydrogens (tertiary/aromatic N) is 2. The second-order valence-electron chi connectivity index (χ2n) is 14.4. The summed E-state index contributed by atoms with van der Waals surface area (Å²) in [5.41, 5.74) is 4.01. The maximum Gasteiger partial charge on any atom is 0.292 e. The number of nitro groups is 1. The van der Waals surface area contributed by atoms with Gasteiger partial charge in [-0.25, -0.2) is 4.98 Å². The van der Waals surface area contributed by atoms with Gasteiger partial charge in [0.1, 0.15) is 5.69 Å². The molecule has 4 aliphatic carbocycles. The smallest absolute Gasteiger partial charge is 0.292 e. The lowest BCUT2D eigenvalue weighted by molar-refractivity contribution is -0.383. The van der Waals surface area contributed by atoms with Crippen molar-refractivity contribution in [3.05, 3.63) is 51.0 Å². The highest BCUT2D eigenvalue weighted by molar-refractivity contribution is 7.16. The molecule has 4 aliphatic rings. The molecule has 6 heteroatoms. The lowest BCUT2D eigenvalue weighted by atomic mass is 9.47. The molecule has 0 radical (unpaired) electrons. The molecule has 0 aliphatic heterocycles. The van der Waals surface area contributed by atoms with Crippen LogP contribution in [0.2, 0.25) is 0 Å². The fraction of sp³-hybridized carbons (Fsp3) is 0.676. The number of fused-ring (bicyclic) bond motifs is 7. The maximum absolute atomic E-state index is 11.5. The van der Waals surface area contributed by atoms with Crippen molar-refractivity contribution in [3.8, 4) is 0 Å². The summed E-state index contributed by atoms with van der Waals surface area (Å²) in [6, 6.07) is 6.86. The molecule has 40 heavy (non-hydrogen) atoms. The van der Waals surface area contributed by atoms with Crippen molar-refractivity contribution in [1.29, 1.82) is 0 Å². The van der Waals surface area contributed by atoms with E-state index >= 15 is 0 Å². The Hall–Kier alpha value is -2.21. The van der Waals surface area contributed by atoms with Gasteiger partial charge in [0.2, 0.25) is 0 Å². The molecular weight excluding hydrogens is 514 g/mol. The Morgan fingerprint density at radius 3 is 2.67 bits per heavy atom. The molecule has 2 aromatic rings. The standard InChI is InChI=1S/C34H47N3O2S/c1-21(2)9-8-10-22(3)24-15-16-25-23-13-14-27-31-29(18-20-34(27,5)26(23)17-19-33(24,25)4)36-32(40-31)35-28-11-6-7-12-30(28)37(38)39/h6-7,11-12,14,21-26H,8-10,13,15-20H2,1-5H3,(H,35,36)/t22-,23+,24-,25+,26+,33-,34-/m1/s1. The minimum Gasteiger partial charge on any atom is -0.326 e. The van der Waals surface area contributed by atoms with Crippen molar-refractivity contribution in [1.82, 2.24) is 4.98 Å². The molecule has 216 valence electrons. The molecule has 1 aromatic carbocycles. The van der Waals surface area contributed by atoms with Crippen molar-refractivity contribution < 1.29 is 4.92 Å². The Kier molecular flexibility index (Phi) is 7.38. The van der Waals surface area contributed by atoms with Crippen molar-refractivity contribution >= 4 is 33.4 Å². The van der Waals surface area contributed by atoms with Crippen LogP contribution in [0.4, 0.5) is 16.5 Å². The van der Waals surface area contributed by atoms with E-state index in [1.165, 1.54) is 73.9 Å². The molecule has 0 saturated heterocycles. The SMILES string of the molecule is CC(C)CCC[C@@H](C)[C@H]1CC[C@H]2[C@@H]3CC=C4c5sc(Nc6ccccc6[N+](=O)[O-])nc5CC[C@]4(C)[C@H]3CC[C@]12C. The van der Waals surface area contributed by atoms with Crippen LogP contribution in [-0.4, -0.2) is 9.91 Å². The van der Waals surface area contributed by atoms with Crippen molar-refractivity contribution in [2.75, 3.05) is 5.32 Å². The van der Waals surface area contributed by atoms with Crippen LogP contribution in [0.25, 0.3) is 5.57 Å². The van der Waals surface area contributed by atoms with Gasteiger partial charge in [0.15, 0.2) is 5.13 Å². The van der Waals surface area contributed by atoms with Gasteiger partial charge in [0, 0.05) is 6.07 Å². The van der Waals surface area contributed by atoms with Crippen molar-refractivity contribution in [3.63, 3.8) is 0 Å². The van der Waals surface area contributed by atoms with E-state index in [9.17, 15) is 10.1 Å². The van der Waals surface area contributed by atoms with E-state index in [-0.39, 0.29) is 16.0 Å². The molecule has 0 unspecified atom stereocenters. The van der Waals surface area contributed by atoms with Gasteiger partial charge in [-0.15, -0.1) is 0 Å². The molecule has 0 bridgehead atoms. The molecule has 2 saturated carbocycles. The predicted molar refractivity (Wildman–Crippen MR) is 166 cm³/mol. The summed E-state index contributed by atoms with van der Waals surface area (Å²) in [6.45, 7) is 12.5. The zero-order chi connectivity index (χ0) is 28.2. The third-order valence-electron chi connectivity index (χ3n) is 11.8. The Balaban J connectivity index is 1.22. The number of para-hydroxylation sites is 2. The number of thiazole rings is 1. The Morgan fingerprint density at radius 2 is 1.90 bits per heavy atom. The number of hydrogen-bond donors (Lipinski definition) is 1. The van der Waals surface area contributed by atoms with E-state index in [2.05, 4.69) is 46.0 Å². The number of nitrogens with one attached hydrogen (secondary N) is 1. The highest BCUT2D eigenvalue weighted by Crippen LogP contribution is 2.68. The molecule has 2 fully saturated rings. The number of rotatable bonds is 8. The normalized spacial score (nSPS) is 33.4. The third-order valence-corrected chi connectivity index (χ3v) is 12.9. The first-order chi connectivity index (χ1) is 19.1. The number of allylic oxidation sites excluding steroid dienone is 2. The molecule has 1 N–H and O–H groups in total. The highest BCUT2D eigenvalue weighted by Gasteiger charge is 2.59. The number of nitro benzene ring substituents is 1. The van der Waals surface area contributed by atoms with E-state index in [1.54, 1.807) is 29.5 Å². The fourth-order valence-electron chi connectivity index (χ4n) is 9.81. The van der Waals surface area contributed by atoms with Crippen LogP contribution in [0.1, 0.15) is 103 Å². The summed E-state index contributed by atoms with van der Waals surface area (Å²) >= 11 is 1.69. The van der Waals surface area contributed by atoms with E-state index in [0.29, 0.717) is 11.1 Å². The Morgan fingerprint density at radius 1 is 1.10 bits per heavy atom. The van der Waals surface area contributed by atoms with Crippen LogP contribution in [0.3, 0.4) is 0 Å². The second-order valence-corrected chi connectivity index (χ2v) is 15.4. The summed E-state index contributed by atoms with van der Waals surface area (Å²) in [4.78, 5) is 17.5. The molecule has 1 heterocycles. The Bertz CT molecular complexity index is 1300. The number of aryl methyl sites for hydroxylation is 1. The molecular formula is C34H47N3O2S. The molecule has 1 aromatic heterocycles. The van der Waals surface area contributed by atoms with Gasteiger partial charge in [-0.2, -0.15) is 0 Å². The predicted octanol–water partition coefficient (Wildman–Crippen LogP) is 10.1. The summed E-state index contributed by atoms with van der Waals surface area (Å²) in [5, 5.41) is 15.6. The van der Waals surface area contributed by atoms with Gasteiger partial charge in [0.25, 0.3) is 5.69 Å². The Labute approximate surface area is 244 Å². The summed E-state index contributed by atoms with van der Waals surface area (Å²) in [6.07, 6.45) is 15.7. The first-order valence-electron chi connectivity index (χ1n) is 15.8. The summed E-state index contributed by atoms with van der Waals surface area (Å²) < 4.78 is 0. The maximum atomic E-state index is 11.5. The van der Waals surface area contributed by atoms with Gasteiger partial charge in [-0.05, 0) is 103 Å². The average molecular weight is 562 g/mol. The largest absolute Gasteiger partial charge is 0.326 e. The van der Waals surface area contributed by atoms with Gasteiger partial charge in [-0.3, -0.25) is 10.1 Å². The minimum atomic E-state index is -0.326. The molecule has 5 nitrogen and oxygen atoms in total. The minimum absolute atomic E-state index is 0.0922. The van der Waals surface area contributed by atoms with Gasteiger partial charge < -0.3 is 5.32 Å². The van der Waals surface area contributed by atoms with Crippen molar-refractivity contribution in [2.45, 2.75) is 98.8 Å². The fourth-order valence-corrected chi connectivity index (χ4v) is 11.0. The molecule has 7 atom stereocenters. The van der Waals surface area contributed by atoms with Gasteiger partial charge in [0.05, 0.1) is 15.5 Å². The first-order valence-corrected chi connectivity index (χ1v) is 16.6. The van der Waals surface area contributed by atoms with Crippen LogP contribution in [-0.2, 0) is 6.42 Å². The highest BCUT2D eigenvalue weighted by atomic mass is 32.1. The van der Waals surface area contributed by atoms with Crippen LogP contribution >= 0.6 is 11.3 Å². The van der Waals surface area contributed by atoms with Crippen LogP contribution in [0.15, 0.2) is 30.3 Å². The van der Waals surface area contributed by atoms with Gasteiger partial charge in [-0.1, -0.05) is 83.4 Å². The number of hydrogen-bond acceptors (Lipinski definition) is 5. The quantitative estimate of drug-likeness (QED) is 0.257. The van der Waals surface area contributed by atoms with E-state index in [0.717, 1.165) is 47.1 Å². The van der Waals surface area contributed by atoms with Crippen molar-refractivity contribution in [2.24, 2.45) is 46.3 Å². The van der Waals surface area contributed by atoms with E-state index in [4.69, 9.17) is 4.98 Å². The summed E-state index contributed by atoms with van der Waals surface area (Å²) in [7, 11) is 0. The monoisotopic (exact) mass is 561 g/mol. The summed E-state index contributed by atoms with van der Waals surface area (Å²) in [5.74, 6) is 4.96. The lowest BCUT2D eigenvalue weighted by Gasteiger charge is -2.57. The second kappa shape index (κ2) is 10.6. The van der Waals surface area contributed by atoms with E-state index < -0.39 is 0 Å². The third kappa shape index (κ3) is 4.62. The van der Waals surface area contributed by atoms with E-state index in [1.807, 2.05) is 6.07 Å². The molecule has 0 spiro atoms. The first kappa shape index (κ1) is 27.9.